The molecule has 4 heteroatoms. The lowest BCUT2D eigenvalue weighted by Gasteiger charge is -2.40. The third-order valence-electron chi connectivity index (χ3n) is 6.33. The first kappa shape index (κ1) is 19.1. The molecule has 1 aromatic carbocycles. The lowest BCUT2D eigenvalue weighted by Crippen LogP contribution is -2.50. The van der Waals surface area contributed by atoms with Gasteiger partial charge in [-0.1, -0.05) is 20.8 Å². The first-order valence-corrected chi connectivity index (χ1v) is 10.1. The van der Waals surface area contributed by atoms with E-state index in [1.54, 1.807) is 7.11 Å². The van der Waals surface area contributed by atoms with E-state index in [1.807, 2.05) is 12.1 Å². The number of hydrogen-bond donors (Lipinski definition) is 0. The number of benzene rings is 1. The van der Waals surface area contributed by atoms with Crippen LogP contribution in [-0.4, -0.2) is 44.1 Å². The molecule has 0 bridgehead atoms. The van der Waals surface area contributed by atoms with Gasteiger partial charge < -0.3 is 14.5 Å². The Morgan fingerprint density at radius 1 is 0.962 bits per heavy atom. The second-order valence-electron chi connectivity index (χ2n) is 8.92. The van der Waals surface area contributed by atoms with Gasteiger partial charge in [0, 0.05) is 37.8 Å². The summed E-state index contributed by atoms with van der Waals surface area (Å²) in [5, 5.41) is 0. The average Bonchev–Trinajstić information content (AvgIpc) is 2.67. The standard InChI is InChI=1S/C22H34N2O2/c1-22(2,3)18-7-5-17(6-8-18)21(25)24-15-13-23(14-16-24)19-9-11-20(26-4)12-10-19/h9-12,17-18H,5-8,13-16H2,1-4H3. The van der Waals surface area contributed by atoms with Crippen LogP contribution in [0.1, 0.15) is 46.5 Å². The van der Waals surface area contributed by atoms with E-state index in [0.717, 1.165) is 50.7 Å². The molecule has 0 radical (unpaired) electrons. The SMILES string of the molecule is COc1ccc(N2CCN(C(=O)C3CCC(C(C)(C)C)CC3)CC2)cc1. The van der Waals surface area contributed by atoms with Crippen LogP contribution in [0.25, 0.3) is 0 Å². The zero-order valence-corrected chi connectivity index (χ0v) is 16.8. The van der Waals surface area contributed by atoms with Gasteiger partial charge in [-0.15, -0.1) is 0 Å². The molecule has 3 rings (SSSR count). The van der Waals surface area contributed by atoms with Crippen molar-refractivity contribution in [3.63, 3.8) is 0 Å². The maximum atomic E-state index is 12.9. The Labute approximate surface area is 158 Å². The van der Waals surface area contributed by atoms with Crippen molar-refractivity contribution in [3.05, 3.63) is 24.3 Å². The number of hydrogen-bond acceptors (Lipinski definition) is 3. The lowest BCUT2D eigenvalue weighted by atomic mass is 9.69. The first-order chi connectivity index (χ1) is 12.4. The summed E-state index contributed by atoms with van der Waals surface area (Å²) in [6.45, 7) is 10.5. The first-order valence-electron chi connectivity index (χ1n) is 10.1. The molecule has 4 nitrogen and oxygen atoms in total. The van der Waals surface area contributed by atoms with E-state index in [2.05, 4.69) is 42.7 Å². The second kappa shape index (κ2) is 7.89. The van der Waals surface area contributed by atoms with E-state index in [0.29, 0.717) is 11.3 Å². The molecule has 0 aromatic heterocycles. The van der Waals surface area contributed by atoms with Crippen molar-refractivity contribution in [1.82, 2.24) is 4.90 Å². The van der Waals surface area contributed by atoms with E-state index >= 15 is 0 Å². The molecule has 1 saturated heterocycles. The van der Waals surface area contributed by atoms with Crippen LogP contribution < -0.4 is 9.64 Å². The smallest absolute Gasteiger partial charge is 0.225 e. The zero-order valence-electron chi connectivity index (χ0n) is 16.8. The third-order valence-corrected chi connectivity index (χ3v) is 6.33. The lowest BCUT2D eigenvalue weighted by molar-refractivity contribution is -0.137. The molecule has 1 saturated carbocycles. The number of carbonyl (C=O) groups excluding carboxylic acids is 1. The molecule has 144 valence electrons. The summed E-state index contributed by atoms with van der Waals surface area (Å²) in [6, 6.07) is 8.20. The van der Waals surface area contributed by atoms with Crippen LogP contribution in [-0.2, 0) is 4.79 Å². The van der Waals surface area contributed by atoms with Gasteiger partial charge in [-0.2, -0.15) is 0 Å². The van der Waals surface area contributed by atoms with Gasteiger partial charge in [0.05, 0.1) is 7.11 Å². The van der Waals surface area contributed by atoms with E-state index in [-0.39, 0.29) is 5.92 Å². The Balaban J connectivity index is 1.49. The Morgan fingerprint density at radius 2 is 1.54 bits per heavy atom. The van der Waals surface area contributed by atoms with Crippen LogP contribution in [0, 0.1) is 17.3 Å². The molecule has 2 aliphatic rings. The van der Waals surface area contributed by atoms with E-state index in [4.69, 9.17) is 4.74 Å². The van der Waals surface area contributed by atoms with E-state index < -0.39 is 0 Å². The molecular formula is C22H34N2O2. The second-order valence-corrected chi connectivity index (χ2v) is 8.92. The largest absolute Gasteiger partial charge is 0.497 e. The maximum Gasteiger partial charge on any atom is 0.225 e. The molecule has 0 spiro atoms. The summed E-state index contributed by atoms with van der Waals surface area (Å²) in [5.41, 5.74) is 1.58. The maximum absolute atomic E-state index is 12.9. The van der Waals surface area contributed by atoms with Gasteiger partial charge in [0.25, 0.3) is 0 Å². The number of carbonyl (C=O) groups is 1. The molecule has 2 fully saturated rings. The van der Waals surface area contributed by atoms with Gasteiger partial charge >= 0.3 is 0 Å². The van der Waals surface area contributed by atoms with Crippen molar-refractivity contribution in [2.24, 2.45) is 17.3 Å². The fraction of sp³-hybridized carbons (Fsp3) is 0.682. The molecule has 1 aliphatic heterocycles. The molecule has 0 atom stereocenters. The van der Waals surface area contributed by atoms with Crippen molar-refractivity contribution < 1.29 is 9.53 Å². The van der Waals surface area contributed by atoms with Crippen LogP contribution in [0.2, 0.25) is 0 Å². The Hall–Kier alpha value is -1.71. The van der Waals surface area contributed by atoms with E-state index in [9.17, 15) is 4.79 Å². The number of amides is 1. The highest BCUT2D eigenvalue weighted by Crippen LogP contribution is 2.40. The summed E-state index contributed by atoms with van der Waals surface area (Å²) < 4.78 is 5.23. The van der Waals surface area contributed by atoms with Crippen LogP contribution in [0.5, 0.6) is 5.75 Å². The van der Waals surface area contributed by atoms with Crippen molar-refractivity contribution in [2.45, 2.75) is 46.5 Å². The summed E-state index contributed by atoms with van der Waals surface area (Å²) >= 11 is 0. The molecule has 0 N–H and O–H groups in total. The van der Waals surface area contributed by atoms with Crippen molar-refractivity contribution in [1.29, 1.82) is 0 Å². The van der Waals surface area contributed by atoms with E-state index in [1.165, 1.54) is 18.5 Å². The van der Waals surface area contributed by atoms with Crippen molar-refractivity contribution in [3.8, 4) is 5.75 Å². The molecule has 1 heterocycles. The summed E-state index contributed by atoms with van der Waals surface area (Å²) in [4.78, 5) is 17.4. The fourth-order valence-corrected chi connectivity index (χ4v) is 4.44. The monoisotopic (exact) mass is 358 g/mol. The highest BCUT2D eigenvalue weighted by atomic mass is 16.5. The molecule has 26 heavy (non-hydrogen) atoms. The summed E-state index contributed by atoms with van der Waals surface area (Å²) in [6.07, 6.45) is 4.54. The minimum absolute atomic E-state index is 0.251. The Kier molecular flexibility index (Phi) is 5.79. The minimum Gasteiger partial charge on any atom is -0.497 e. The topological polar surface area (TPSA) is 32.8 Å². The molecule has 0 unspecified atom stereocenters. The molecule has 1 amide bonds. The van der Waals surface area contributed by atoms with Crippen molar-refractivity contribution >= 4 is 11.6 Å². The molecular weight excluding hydrogens is 324 g/mol. The third kappa shape index (κ3) is 4.33. The van der Waals surface area contributed by atoms with Crippen LogP contribution >= 0.6 is 0 Å². The number of nitrogens with zero attached hydrogens (tertiary/aromatic N) is 2. The Bertz CT molecular complexity index is 590. The van der Waals surface area contributed by atoms with Gasteiger partial charge in [-0.3, -0.25) is 4.79 Å². The predicted molar refractivity (Wildman–Crippen MR) is 107 cm³/mol. The predicted octanol–water partition coefficient (Wildman–Crippen LogP) is 4.20. The fourth-order valence-electron chi connectivity index (χ4n) is 4.44. The molecule has 1 aliphatic carbocycles. The van der Waals surface area contributed by atoms with Crippen LogP contribution in [0.4, 0.5) is 5.69 Å². The van der Waals surface area contributed by atoms with Gasteiger partial charge in [0.15, 0.2) is 0 Å². The average molecular weight is 359 g/mol. The summed E-state index contributed by atoms with van der Waals surface area (Å²) in [7, 11) is 1.69. The van der Waals surface area contributed by atoms with Gasteiger partial charge in [0.2, 0.25) is 5.91 Å². The van der Waals surface area contributed by atoms with Gasteiger partial charge in [-0.05, 0) is 61.3 Å². The molecule has 1 aromatic rings. The highest BCUT2D eigenvalue weighted by molar-refractivity contribution is 5.79. The quantitative estimate of drug-likeness (QED) is 0.812. The highest BCUT2D eigenvalue weighted by Gasteiger charge is 2.34. The zero-order chi connectivity index (χ0) is 18.7. The number of anilines is 1. The van der Waals surface area contributed by atoms with Crippen LogP contribution in [0.3, 0.4) is 0 Å². The van der Waals surface area contributed by atoms with Crippen LogP contribution in [0.15, 0.2) is 24.3 Å². The normalized spacial score (nSPS) is 24.5. The summed E-state index contributed by atoms with van der Waals surface area (Å²) in [5.74, 6) is 2.29. The Morgan fingerprint density at radius 3 is 2.04 bits per heavy atom. The number of piperazine rings is 1. The van der Waals surface area contributed by atoms with Gasteiger partial charge in [0.1, 0.15) is 5.75 Å². The number of rotatable bonds is 3. The minimum atomic E-state index is 0.251. The van der Waals surface area contributed by atoms with Gasteiger partial charge in [-0.25, -0.2) is 0 Å². The number of ether oxygens (including phenoxy) is 1. The van der Waals surface area contributed by atoms with Crippen molar-refractivity contribution in [2.75, 3.05) is 38.2 Å². The number of methoxy groups -OCH3 is 1.